The Bertz CT molecular complexity index is 658. The third-order valence-corrected chi connectivity index (χ3v) is 4.00. The predicted octanol–water partition coefficient (Wildman–Crippen LogP) is 0.454. The Kier molecular flexibility index (Phi) is 6.71. The third-order valence-electron chi connectivity index (χ3n) is 3.77. The summed E-state index contributed by atoms with van der Waals surface area (Å²) in [5.41, 5.74) is 5.01. The summed E-state index contributed by atoms with van der Waals surface area (Å²) >= 11 is 5.98. The molecule has 0 atom stereocenters. The lowest BCUT2D eigenvalue weighted by atomic mass is 8.68. The van der Waals surface area contributed by atoms with Gasteiger partial charge in [0.1, 0.15) is 0 Å². The van der Waals surface area contributed by atoms with Crippen LogP contribution in [0.15, 0.2) is 36.5 Å². The molecule has 98 valence electrons. The molecule has 10 heteroatoms. The maximum absolute atomic E-state index is 5.98. The summed E-state index contributed by atoms with van der Waals surface area (Å²) < 4.78 is 0. The van der Waals surface area contributed by atoms with Crippen molar-refractivity contribution in [2.75, 3.05) is 0 Å². The second kappa shape index (κ2) is 8.33. The van der Waals surface area contributed by atoms with Crippen LogP contribution in [-0.2, 0) is 12.8 Å². The number of aryl methyl sites for hydroxylation is 2. The molecule has 0 aliphatic heterocycles. The fraction of sp³-hybridized carbons (Fsp3) is 0.154. The topological polar surface area (TPSA) is 12.9 Å². The number of aromatic nitrogens is 1. The molecule has 2 aromatic rings. The summed E-state index contributed by atoms with van der Waals surface area (Å²) in [5.74, 6) is 0. The number of fused-ring (bicyclic) bond motifs is 3. The third kappa shape index (κ3) is 4.83. The van der Waals surface area contributed by atoms with Gasteiger partial charge in [0, 0.05) is 74.6 Å². The summed E-state index contributed by atoms with van der Waals surface area (Å²) in [6.07, 6.45) is 2.20. The molecule has 1 aliphatic rings. The summed E-state index contributed by atoms with van der Waals surface area (Å²) in [5, 5.41) is 0.813. The van der Waals surface area contributed by atoms with Crippen molar-refractivity contribution in [1.29, 1.82) is 0 Å². The summed E-state index contributed by atoms with van der Waals surface area (Å²) in [7, 11) is 25.8. The average Bonchev–Trinajstić information content (AvgIpc) is 2.54. The smallest absolute Gasteiger partial charge is 0.0736 e. The molecule has 0 N–H and O–H groups in total. The molecule has 10 radical (unpaired) electrons. The molecule has 0 saturated heterocycles. The normalized spacial score (nSPS) is 11.3. The first-order valence-corrected chi connectivity index (χ1v) is 7.78. The molecule has 0 bridgehead atoms. The van der Waals surface area contributed by atoms with Gasteiger partial charge in [0.05, 0.1) is 5.69 Å². The first-order valence-electron chi connectivity index (χ1n) is 7.40. The fourth-order valence-corrected chi connectivity index (χ4v) is 2.60. The first-order chi connectivity index (χ1) is 10.9. The molecule has 1 aliphatic carbocycles. The van der Waals surface area contributed by atoms with Crippen molar-refractivity contribution in [1.82, 2.24) is 4.98 Å². The van der Waals surface area contributed by atoms with Crippen LogP contribution in [0.2, 0.25) is 5.02 Å². The second-order valence-corrected chi connectivity index (χ2v) is 5.98. The fourth-order valence-electron chi connectivity index (χ4n) is 2.41. The van der Waals surface area contributed by atoms with Gasteiger partial charge in [0.15, 0.2) is 0 Å². The minimum absolute atomic E-state index is 0.519. The highest BCUT2D eigenvalue weighted by atomic mass is 35.5. The van der Waals surface area contributed by atoms with Gasteiger partial charge in [-0.25, -0.2) is 0 Å². The number of halogens is 1. The van der Waals surface area contributed by atoms with Gasteiger partial charge in [0.2, 0.25) is 0 Å². The van der Waals surface area contributed by atoms with E-state index >= 15 is 0 Å². The van der Waals surface area contributed by atoms with Crippen LogP contribution in [0, 0.1) is 0 Å². The van der Waals surface area contributed by atoms with Crippen LogP contribution in [0.5, 0.6) is 0 Å². The lowest BCUT2D eigenvalue weighted by Crippen LogP contribution is -2.52. The summed E-state index contributed by atoms with van der Waals surface area (Å²) in [4.78, 5) is 4.45. The molecular weight excluding hydrogens is 292 g/mol. The highest BCUT2D eigenvalue weighted by Crippen LogP contribution is 2.32. The molecule has 0 unspecified atom stereocenters. The Morgan fingerprint density at radius 3 is 2.17 bits per heavy atom. The first kappa shape index (κ1) is 18.5. The molecule has 3 rings (SSSR count). The van der Waals surface area contributed by atoms with Crippen LogP contribution in [0.25, 0.3) is 11.3 Å². The van der Waals surface area contributed by atoms with E-state index in [0.717, 1.165) is 23.6 Å². The molecule has 1 heterocycles. The minimum atomic E-state index is -0.630. The van der Waals surface area contributed by atoms with Gasteiger partial charge in [-0.15, -0.1) is 0 Å². The molecular formula is C13H10B8ClN. The van der Waals surface area contributed by atoms with Crippen molar-refractivity contribution in [2.45, 2.75) is 12.8 Å². The highest BCUT2D eigenvalue weighted by Gasteiger charge is 2.16. The quantitative estimate of drug-likeness (QED) is 0.734. The molecule has 1 nitrogen and oxygen atoms in total. The number of pyridine rings is 1. The van der Waals surface area contributed by atoms with E-state index in [1.807, 2.05) is 18.3 Å². The van der Waals surface area contributed by atoms with Crippen molar-refractivity contribution in [3.8, 4) is 11.3 Å². The second-order valence-electron chi connectivity index (χ2n) is 5.54. The molecule has 0 spiro atoms. The van der Waals surface area contributed by atoms with Crippen molar-refractivity contribution in [3.63, 3.8) is 0 Å². The lowest BCUT2D eigenvalue weighted by molar-refractivity contribution is 0.927. The Morgan fingerprint density at radius 2 is 1.57 bits per heavy atom. The maximum atomic E-state index is 5.98. The SMILES string of the molecule is Clc1ccc2c(c1)CCc1cccnc1-2.[B]B([B])B([B])B([B])[B]. The zero-order chi connectivity index (χ0) is 17.0. The van der Waals surface area contributed by atoms with E-state index in [4.69, 9.17) is 50.3 Å². The molecule has 0 amide bonds. The highest BCUT2D eigenvalue weighted by molar-refractivity contribution is 7.89. The standard InChI is InChI=1S/C13H10ClN.B8/c14-11-5-6-12-10(8-11)4-3-9-2-1-7-15-13(9)12;1-6(2)8(5)7(3)4/h1-2,5-8H,3-4H2;. The average molecular weight is 302 g/mol. The Hall–Kier alpha value is -0.821. The zero-order valence-electron chi connectivity index (χ0n) is 12.8. The van der Waals surface area contributed by atoms with E-state index in [1.165, 1.54) is 16.7 Å². The van der Waals surface area contributed by atoms with Crippen molar-refractivity contribution >= 4 is 69.4 Å². The van der Waals surface area contributed by atoms with Gasteiger partial charge in [-0.3, -0.25) is 4.98 Å². The van der Waals surface area contributed by atoms with E-state index in [2.05, 4.69) is 23.2 Å². The zero-order valence-corrected chi connectivity index (χ0v) is 13.6. The summed E-state index contributed by atoms with van der Waals surface area (Å²) in [6.45, 7) is 0. The van der Waals surface area contributed by atoms with Crippen LogP contribution in [0.1, 0.15) is 11.1 Å². The molecule has 1 aromatic heterocycles. The van der Waals surface area contributed by atoms with E-state index in [-0.39, 0.29) is 0 Å². The monoisotopic (exact) mass is 303 g/mol. The summed E-state index contributed by atoms with van der Waals surface area (Å²) in [6, 6.07) is 10.2. The van der Waals surface area contributed by atoms with Gasteiger partial charge in [0.25, 0.3) is 0 Å². The molecule has 0 saturated carbocycles. The largest absolute Gasteiger partial charge is 0.256 e. The van der Waals surface area contributed by atoms with Gasteiger partial charge >= 0.3 is 0 Å². The van der Waals surface area contributed by atoms with E-state index < -0.39 is 19.2 Å². The number of nitrogens with zero attached hydrogens (tertiary/aromatic N) is 1. The maximum Gasteiger partial charge on any atom is 0.0736 e. The lowest BCUT2D eigenvalue weighted by Gasteiger charge is -2.18. The molecule has 23 heavy (non-hydrogen) atoms. The number of hydrogen-bond acceptors (Lipinski definition) is 1. The van der Waals surface area contributed by atoms with Crippen molar-refractivity contribution < 1.29 is 0 Å². The van der Waals surface area contributed by atoms with E-state index in [1.54, 1.807) is 0 Å². The number of benzene rings is 1. The van der Waals surface area contributed by atoms with Gasteiger partial charge in [-0.2, -0.15) is 0 Å². The molecule has 1 aromatic carbocycles. The Balaban J connectivity index is 0.000000207. The Morgan fingerprint density at radius 1 is 0.913 bits per heavy atom. The Labute approximate surface area is 151 Å². The van der Waals surface area contributed by atoms with E-state index in [9.17, 15) is 0 Å². The van der Waals surface area contributed by atoms with Gasteiger partial charge in [-0.1, -0.05) is 23.7 Å². The van der Waals surface area contributed by atoms with E-state index in [0.29, 0.717) is 0 Å². The van der Waals surface area contributed by atoms with Crippen LogP contribution in [-0.4, -0.2) is 62.8 Å². The number of hydrogen-bond donors (Lipinski definition) is 0. The predicted molar refractivity (Wildman–Crippen MR) is 108 cm³/mol. The van der Waals surface area contributed by atoms with Crippen LogP contribution in [0.4, 0.5) is 0 Å². The number of rotatable bonds is 2. The van der Waals surface area contributed by atoms with Gasteiger partial charge < -0.3 is 0 Å². The van der Waals surface area contributed by atoms with Crippen LogP contribution in [0.3, 0.4) is 0 Å². The minimum Gasteiger partial charge on any atom is -0.256 e. The van der Waals surface area contributed by atoms with Crippen LogP contribution < -0.4 is 0 Å². The van der Waals surface area contributed by atoms with Crippen molar-refractivity contribution in [2.24, 2.45) is 0 Å². The molecule has 0 fully saturated rings. The van der Waals surface area contributed by atoms with Crippen LogP contribution >= 0.6 is 11.6 Å². The van der Waals surface area contributed by atoms with Gasteiger partial charge in [-0.05, 0) is 42.2 Å². The van der Waals surface area contributed by atoms with Crippen molar-refractivity contribution in [3.05, 3.63) is 52.7 Å².